The average Bonchev–Trinajstić information content (AvgIpc) is 2.79. The number of nitrogens with zero attached hydrogens (tertiary/aromatic N) is 1. The lowest BCUT2D eigenvalue weighted by molar-refractivity contribution is 0.0955. The number of amides is 1. The summed E-state index contributed by atoms with van der Waals surface area (Å²) >= 11 is 7.73. The smallest absolute Gasteiger partial charge is 0.267 e. The molecule has 1 aromatic carbocycles. The van der Waals surface area contributed by atoms with Crippen LogP contribution in [-0.4, -0.2) is 23.1 Å². The lowest BCUT2D eigenvalue weighted by atomic mass is 10.2. The normalized spacial score (nSPS) is 17.7. The van der Waals surface area contributed by atoms with Gasteiger partial charge in [-0.25, -0.2) is 5.43 Å². The van der Waals surface area contributed by atoms with Crippen molar-refractivity contribution in [2.45, 2.75) is 6.42 Å². The van der Waals surface area contributed by atoms with Gasteiger partial charge in [-0.15, -0.1) is 0 Å². The zero-order valence-corrected chi connectivity index (χ0v) is 10.1. The third kappa shape index (κ3) is 2.77. The minimum atomic E-state index is -0.255. The van der Waals surface area contributed by atoms with Crippen LogP contribution in [0.5, 0.6) is 0 Å². The van der Waals surface area contributed by atoms with Crippen molar-refractivity contribution < 1.29 is 4.79 Å². The van der Waals surface area contributed by atoms with Crippen molar-refractivity contribution in [3.63, 3.8) is 0 Å². The van der Waals surface area contributed by atoms with Crippen molar-refractivity contribution in [2.24, 2.45) is 5.10 Å². The highest BCUT2D eigenvalue weighted by molar-refractivity contribution is 8.00. The van der Waals surface area contributed by atoms with E-state index in [1.165, 1.54) is 0 Å². The molecule has 0 unspecified atom stereocenters. The number of hydrogen-bond acceptors (Lipinski definition) is 3. The van der Waals surface area contributed by atoms with Crippen LogP contribution < -0.4 is 5.43 Å². The first-order chi connectivity index (χ1) is 7.77. The van der Waals surface area contributed by atoms with E-state index >= 15 is 0 Å². The van der Waals surface area contributed by atoms with E-state index in [1.54, 1.807) is 24.3 Å². The quantitative estimate of drug-likeness (QED) is 0.825. The number of hydrazone groups is 1. The third-order valence-electron chi connectivity index (χ3n) is 2.24. The molecule has 0 aliphatic carbocycles. The number of hydrogen-bond donors (Lipinski definition) is 1. The zero-order chi connectivity index (χ0) is 11.4. The van der Waals surface area contributed by atoms with Crippen molar-refractivity contribution in [3.8, 4) is 0 Å². The first kappa shape index (κ1) is 11.5. The summed E-state index contributed by atoms with van der Waals surface area (Å²) in [7, 11) is 0. The fourth-order valence-electron chi connectivity index (χ4n) is 1.38. The molecule has 0 radical (unpaired) electrons. The molecule has 1 amide bonds. The Bertz CT molecular complexity index is 426. The molecule has 1 N–H and O–H groups in total. The lowest BCUT2D eigenvalue weighted by Crippen LogP contribution is -2.19. The molecule has 2 rings (SSSR count). The van der Waals surface area contributed by atoms with Crippen molar-refractivity contribution >= 4 is 35.0 Å². The van der Waals surface area contributed by atoms with Crippen LogP contribution in [-0.2, 0) is 0 Å². The van der Waals surface area contributed by atoms with E-state index in [1.807, 2.05) is 11.8 Å². The van der Waals surface area contributed by atoms with E-state index in [9.17, 15) is 4.79 Å². The van der Waals surface area contributed by atoms with Gasteiger partial charge in [0, 0.05) is 11.5 Å². The Morgan fingerprint density at radius 3 is 2.94 bits per heavy atom. The van der Waals surface area contributed by atoms with Gasteiger partial charge in [-0.3, -0.25) is 4.79 Å². The van der Waals surface area contributed by atoms with Crippen molar-refractivity contribution in [2.75, 3.05) is 11.5 Å². The Morgan fingerprint density at radius 2 is 2.25 bits per heavy atom. The fourth-order valence-corrected chi connectivity index (χ4v) is 2.57. The molecule has 0 aromatic heterocycles. The molecule has 16 heavy (non-hydrogen) atoms. The van der Waals surface area contributed by atoms with Gasteiger partial charge in [-0.1, -0.05) is 23.7 Å². The second kappa shape index (κ2) is 5.37. The van der Waals surface area contributed by atoms with E-state index in [4.69, 9.17) is 11.6 Å². The largest absolute Gasteiger partial charge is 0.272 e. The van der Waals surface area contributed by atoms with Gasteiger partial charge in [0.05, 0.1) is 10.6 Å². The Hall–Kier alpha value is -1.00. The topological polar surface area (TPSA) is 41.5 Å². The predicted octanol–water partition coefficient (Wildman–Crippen LogP) is 2.56. The van der Waals surface area contributed by atoms with Crippen LogP contribution in [0.2, 0.25) is 5.02 Å². The lowest BCUT2D eigenvalue weighted by Gasteiger charge is -2.02. The van der Waals surface area contributed by atoms with Crippen LogP contribution in [0.15, 0.2) is 29.4 Å². The van der Waals surface area contributed by atoms with E-state index in [0.717, 1.165) is 23.6 Å². The van der Waals surface area contributed by atoms with Gasteiger partial charge in [-0.2, -0.15) is 16.9 Å². The van der Waals surface area contributed by atoms with Gasteiger partial charge >= 0.3 is 0 Å². The first-order valence-corrected chi connectivity index (χ1v) is 6.48. The summed E-state index contributed by atoms with van der Waals surface area (Å²) in [6.07, 6.45) is 0.952. The molecule has 1 aliphatic heterocycles. The maximum Gasteiger partial charge on any atom is 0.272 e. The van der Waals surface area contributed by atoms with Gasteiger partial charge in [0.1, 0.15) is 0 Å². The number of benzene rings is 1. The van der Waals surface area contributed by atoms with Crippen molar-refractivity contribution in [1.29, 1.82) is 0 Å². The van der Waals surface area contributed by atoms with Gasteiger partial charge in [0.15, 0.2) is 0 Å². The molecule has 1 aromatic rings. The third-order valence-corrected chi connectivity index (χ3v) is 3.60. The maximum atomic E-state index is 11.7. The number of carbonyl (C=O) groups is 1. The fraction of sp³-hybridized carbons (Fsp3) is 0.273. The molecule has 1 saturated heterocycles. The summed E-state index contributed by atoms with van der Waals surface area (Å²) in [4.78, 5) is 11.7. The van der Waals surface area contributed by atoms with Crippen LogP contribution in [0.3, 0.4) is 0 Å². The molecule has 1 aliphatic rings. The van der Waals surface area contributed by atoms with Crippen LogP contribution in [0.25, 0.3) is 0 Å². The predicted molar refractivity (Wildman–Crippen MR) is 68.3 cm³/mol. The van der Waals surface area contributed by atoms with E-state index in [0.29, 0.717) is 10.6 Å². The second-order valence-corrected chi connectivity index (χ2v) is 4.91. The molecule has 3 nitrogen and oxygen atoms in total. The summed E-state index contributed by atoms with van der Waals surface area (Å²) in [6.45, 7) is 0. The number of nitrogens with one attached hydrogen (secondary N) is 1. The molecule has 84 valence electrons. The van der Waals surface area contributed by atoms with Crippen LogP contribution in [0.1, 0.15) is 16.8 Å². The summed E-state index contributed by atoms with van der Waals surface area (Å²) in [5.74, 6) is 1.74. The molecule has 0 atom stereocenters. The van der Waals surface area contributed by atoms with E-state index in [-0.39, 0.29) is 5.91 Å². The van der Waals surface area contributed by atoms with Crippen LogP contribution in [0.4, 0.5) is 0 Å². The molecule has 0 saturated carbocycles. The molecule has 5 heteroatoms. The number of thioether (sulfide) groups is 1. The van der Waals surface area contributed by atoms with Gasteiger partial charge in [0.25, 0.3) is 5.91 Å². The summed E-state index contributed by atoms with van der Waals surface area (Å²) in [5.41, 5.74) is 4.02. The number of halogens is 1. The van der Waals surface area contributed by atoms with Gasteiger partial charge in [-0.05, 0) is 24.3 Å². The highest BCUT2D eigenvalue weighted by Crippen LogP contribution is 2.15. The zero-order valence-electron chi connectivity index (χ0n) is 8.57. The van der Waals surface area contributed by atoms with E-state index < -0.39 is 0 Å². The molecule has 1 fully saturated rings. The number of carbonyl (C=O) groups excluding carboxylic acids is 1. The summed E-state index contributed by atoms with van der Waals surface area (Å²) in [6, 6.07) is 6.94. The minimum absolute atomic E-state index is 0.255. The summed E-state index contributed by atoms with van der Waals surface area (Å²) < 4.78 is 0. The Morgan fingerprint density at radius 1 is 1.44 bits per heavy atom. The molecule has 0 bridgehead atoms. The average molecular weight is 255 g/mol. The number of rotatable bonds is 2. The molecular weight excluding hydrogens is 244 g/mol. The highest BCUT2D eigenvalue weighted by Gasteiger charge is 2.11. The Balaban J connectivity index is 2.03. The van der Waals surface area contributed by atoms with Gasteiger partial charge in [0.2, 0.25) is 0 Å². The van der Waals surface area contributed by atoms with Crippen molar-refractivity contribution in [3.05, 3.63) is 34.9 Å². The molecular formula is C11H11ClN2OS. The Labute approximate surface area is 103 Å². The Kier molecular flexibility index (Phi) is 3.85. The first-order valence-electron chi connectivity index (χ1n) is 4.95. The van der Waals surface area contributed by atoms with Crippen molar-refractivity contribution in [1.82, 2.24) is 5.43 Å². The monoisotopic (exact) mass is 254 g/mol. The minimum Gasteiger partial charge on any atom is -0.267 e. The maximum absolute atomic E-state index is 11.7. The van der Waals surface area contributed by atoms with E-state index in [2.05, 4.69) is 10.5 Å². The molecule has 1 heterocycles. The summed E-state index contributed by atoms with van der Waals surface area (Å²) in [5, 5.41) is 4.52. The SMILES string of the molecule is O=C(N/N=C1\CCSC1)c1ccccc1Cl. The highest BCUT2D eigenvalue weighted by atomic mass is 35.5. The molecule has 0 spiro atoms. The van der Waals surface area contributed by atoms with Gasteiger partial charge < -0.3 is 0 Å². The standard InChI is InChI=1S/C11H11ClN2OS/c12-10-4-2-1-3-9(10)11(15)14-13-8-5-6-16-7-8/h1-4H,5-7H2,(H,14,15)/b13-8+. The van der Waals surface area contributed by atoms with Crippen LogP contribution >= 0.6 is 23.4 Å². The van der Waals surface area contributed by atoms with Crippen LogP contribution in [0, 0.1) is 0 Å². The second-order valence-electron chi connectivity index (χ2n) is 3.40.